The van der Waals surface area contributed by atoms with Crippen LogP contribution in [0, 0.1) is 6.92 Å². The molecule has 0 aliphatic heterocycles. The second kappa shape index (κ2) is 3.02. The van der Waals surface area contributed by atoms with Gasteiger partial charge in [-0.15, -0.1) is 11.3 Å². The van der Waals surface area contributed by atoms with Crippen molar-refractivity contribution in [1.82, 2.24) is 4.98 Å². The molecule has 0 fully saturated rings. The fraction of sp³-hybridized carbons (Fsp3) is 0.429. The molecule has 0 saturated carbocycles. The summed E-state index contributed by atoms with van der Waals surface area (Å²) in [4.78, 5) is 13.6. The van der Waals surface area contributed by atoms with E-state index in [1.54, 1.807) is 0 Å². The highest BCUT2D eigenvalue weighted by Crippen LogP contribution is 2.34. The minimum Gasteiger partial charge on any atom is -0.476 e. The van der Waals surface area contributed by atoms with Crippen LogP contribution in [-0.2, 0) is 5.92 Å². The standard InChI is InChI=1S/C7H7F2NO2S/c1-3-4(7(2,8)9)13-5(10-3)6(11)12/h1-2H3,(H,11,12). The molecule has 13 heavy (non-hydrogen) atoms. The number of alkyl halides is 2. The number of aromatic carboxylic acids is 1. The molecule has 3 nitrogen and oxygen atoms in total. The van der Waals surface area contributed by atoms with Gasteiger partial charge in [-0.1, -0.05) is 0 Å². The molecule has 1 aromatic heterocycles. The molecule has 1 rings (SSSR count). The van der Waals surface area contributed by atoms with Crippen molar-refractivity contribution in [3.05, 3.63) is 15.6 Å². The van der Waals surface area contributed by atoms with Crippen molar-refractivity contribution in [2.24, 2.45) is 0 Å². The predicted molar refractivity (Wildman–Crippen MR) is 43.4 cm³/mol. The van der Waals surface area contributed by atoms with E-state index in [1.807, 2.05) is 0 Å². The summed E-state index contributed by atoms with van der Waals surface area (Å²) in [6.07, 6.45) is 0. The molecule has 1 aromatic rings. The lowest BCUT2D eigenvalue weighted by Gasteiger charge is -2.06. The summed E-state index contributed by atoms with van der Waals surface area (Å²) < 4.78 is 25.5. The number of thiazole rings is 1. The summed E-state index contributed by atoms with van der Waals surface area (Å²) in [5.74, 6) is -4.29. The number of aromatic nitrogens is 1. The average molecular weight is 207 g/mol. The Bertz CT molecular complexity index is 343. The molecule has 0 radical (unpaired) electrons. The maximum Gasteiger partial charge on any atom is 0.365 e. The monoisotopic (exact) mass is 207 g/mol. The van der Waals surface area contributed by atoms with Crippen LogP contribution < -0.4 is 0 Å². The number of carbonyl (C=O) groups is 1. The van der Waals surface area contributed by atoms with Gasteiger partial charge in [0.05, 0.1) is 10.6 Å². The number of hydrogen-bond donors (Lipinski definition) is 1. The van der Waals surface area contributed by atoms with Crippen molar-refractivity contribution in [3.8, 4) is 0 Å². The van der Waals surface area contributed by atoms with Crippen LogP contribution in [0.3, 0.4) is 0 Å². The highest BCUT2D eigenvalue weighted by Gasteiger charge is 2.31. The van der Waals surface area contributed by atoms with Gasteiger partial charge in [-0.3, -0.25) is 0 Å². The second-order valence-electron chi connectivity index (χ2n) is 2.63. The first-order valence-corrected chi connectivity index (χ1v) is 4.23. The SMILES string of the molecule is Cc1nc(C(=O)O)sc1C(C)(F)F. The van der Waals surface area contributed by atoms with Gasteiger partial charge < -0.3 is 5.11 Å². The fourth-order valence-electron chi connectivity index (χ4n) is 0.895. The molecular weight excluding hydrogens is 200 g/mol. The minimum atomic E-state index is -3.02. The van der Waals surface area contributed by atoms with Gasteiger partial charge >= 0.3 is 5.97 Å². The van der Waals surface area contributed by atoms with Gasteiger partial charge in [-0.05, 0) is 6.92 Å². The van der Waals surface area contributed by atoms with Crippen LogP contribution in [0.5, 0.6) is 0 Å². The Morgan fingerprint density at radius 1 is 1.62 bits per heavy atom. The second-order valence-corrected chi connectivity index (χ2v) is 3.63. The van der Waals surface area contributed by atoms with Gasteiger partial charge in [0.1, 0.15) is 0 Å². The highest BCUT2D eigenvalue weighted by atomic mass is 32.1. The van der Waals surface area contributed by atoms with Gasteiger partial charge in [-0.2, -0.15) is 0 Å². The molecule has 0 spiro atoms. The third-order valence-corrected chi connectivity index (χ3v) is 2.70. The lowest BCUT2D eigenvalue weighted by molar-refractivity contribution is 0.0206. The predicted octanol–water partition coefficient (Wildman–Crippen LogP) is 2.26. The number of halogens is 2. The van der Waals surface area contributed by atoms with E-state index in [4.69, 9.17) is 5.11 Å². The Kier molecular flexibility index (Phi) is 2.34. The molecule has 0 unspecified atom stereocenters. The molecule has 6 heteroatoms. The van der Waals surface area contributed by atoms with Crippen LogP contribution in [0.2, 0.25) is 0 Å². The highest BCUT2D eigenvalue weighted by molar-refractivity contribution is 7.13. The molecule has 1 N–H and O–H groups in total. The normalized spacial score (nSPS) is 11.7. The summed E-state index contributed by atoms with van der Waals surface area (Å²) in [7, 11) is 0. The van der Waals surface area contributed by atoms with E-state index in [0.717, 1.165) is 6.92 Å². The number of nitrogens with zero attached hydrogens (tertiary/aromatic N) is 1. The lowest BCUT2D eigenvalue weighted by Crippen LogP contribution is -2.05. The van der Waals surface area contributed by atoms with E-state index < -0.39 is 11.9 Å². The van der Waals surface area contributed by atoms with Crippen molar-refractivity contribution in [2.75, 3.05) is 0 Å². The van der Waals surface area contributed by atoms with Gasteiger partial charge in [0, 0.05) is 6.92 Å². The number of carboxylic acid groups (broad SMARTS) is 1. The molecule has 1 heterocycles. The number of aryl methyl sites for hydroxylation is 1. The zero-order valence-electron chi connectivity index (χ0n) is 6.97. The van der Waals surface area contributed by atoms with Gasteiger partial charge in [0.25, 0.3) is 5.92 Å². The summed E-state index contributed by atoms with van der Waals surface area (Å²) in [5, 5.41) is 8.19. The molecule has 0 amide bonds. The van der Waals surface area contributed by atoms with E-state index in [1.165, 1.54) is 6.92 Å². The first-order chi connectivity index (χ1) is 5.82. The Hall–Kier alpha value is -1.04. The maximum atomic E-state index is 12.8. The van der Waals surface area contributed by atoms with E-state index >= 15 is 0 Å². The number of carboxylic acids is 1. The number of rotatable bonds is 2. The lowest BCUT2D eigenvalue weighted by atomic mass is 10.3. The first-order valence-electron chi connectivity index (χ1n) is 3.41. The van der Waals surface area contributed by atoms with Crippen molar-refractivity contribution in [2.45, 2.75) is 19.8 Å². The Morgan fingerprint density at radius 3 is 2.38 bits per heavy atom. The summed E-state index contributed by atoms with van der Waals surface area (Å²) in [5.41, 5.74) is 0.0786. The zero-order valence-corrected chi connectivity index (χ0v) is 7.78. The molecule has 72 valence electrons. The molecule has 0 aromatic carbocycles. The van der Waals surface area contributed by atoms with E-state index in [2.05, 4.69) is 4.98 Å². The van der Waals surface area contributed by atoms with Crippen LogP contribution in [0.25, 0.3) is 0 Å². The zero-order chi connectivity index (χ0) is 10.2. The molecule has 0 bridgehead atoms. The molecule has 0 aliphatic rings. The summed E-state index contributed by atoms with van der Waals surface area (Å²) >= 11 is 0.514. The van der Waals surface area contributed by atoms with E-state index in [-0.39, 0.29) is 15.6 Å². The van der Waals surface area contributed by atoms with Crippen molar-refractivity contribution in [1.29, 1.82) is 0 Å². The smallest absolute Gasteiger partial charge is 0.365 e. The van der Waals surface area contributed by atoms with Crippen molar-refractivity contribution >= 4 is 17.3 Å². The quantitative estimate of drug-likeness (QED) is 0.809. The Balaban J connectivity index is 3.18. The summed E-state index contributed by atoms with van der Waals surface area (Å²) in [6, 6.07) is 0. The molecule has 0 aliphatic carbocycles. The minimum absolute atomic E-state index is 0.0786. The summed E-state index contributed by atoms with van der Waals surface area (Å²) in [6.45, 7) is 2.09. The van der Waals surface area contributed by atoms with Gasteiger partial charge in [0.2, 0.25) is 5.01 Å². The average Bonchev–Trinajstić information content (AvgIpc) is 2.29. The fourth-order valence-corrected chi connectivity index (χ4v) is 1.73. The number of hydrogen-bond acceptors (Lipinski definition) is 3. The topological polar surface area (TPSA) is 50.2 Å². The van der Waals surface area contributed by atoms with Crippen LogP contribution in [0.15, 0.2) is 0 Å². The maximum absolute atomic E-state index is 12.8. The van der Waals surface area contributed by atoms with Gasteiger partial charge in [-0.25, -0.2) is 18.6 Å². The van der Waals surface area contributed by atoms with Crippen LogP contribution >= 0.6 is 11.3 Å². The van der Waals surface area contributed by atoms with Crippen molar-refractivity contribution in [3.63, 3.8) is 0 Å². The Labute approximate surface area is 77.0 Å². The Morgan fingerprint density at radius 2 is 2.15 bits per heavy atom. The van der Waals surface area contributed by atoms with Crippen molar-refractivity contribution < 1.29 is 18.7 Å². The third kappa shape index (κ3) is 2.00. The molecule has 0 atom stereocenters. The van der Waals surface area contributed by atoms with Gasteiger partial charge in [0.15, 0.2) is 0 Å². The third-order valence-electron chi connectivity index (χ3n) is 1.38. The van der Waals surface area contributed by atoms with Crippen LogP contribution in [-0.4, -0.2) is 16.1 Å². The van der Waals surface area contributed by atoms with E-state index in [0.29, 0.717) is 11.3 Å². The molecule has 0 saturated heterocycles. The van der Waals surface area contributed by atoms with Crippen LogP contribution in [0.1, 0.15) is 27.3 Å². The van der Waals surface area contributed by atoms with E-state index in [9.17, 15) is 13.6 Å². The van der Waals surface area contributed by atoms with Crippen LogP contribution in [0.4, 0.5) is 8.78 Å². The largest absolute Gasteiger partial charge is 0.476 e. The first kappa shape index (κ1) is 10.0. The molecular formula is C7H7F2NO2S.